The third-order valence-electron chi connectivity index (χ3n) is 10.6. The Hall–Kier alpha value is -5.98. The van der Waals surface area contributed by atoms with Gasteiger partial charge in [0, 0.05) is 11.8 Å². The lowest BCUT2D eigenvalue weighted by atomic mass is 9.85. The van der Waals surface area contributed by atoms with Crippen molar-refractivity contribution in [2.45, 2.75) is 11.8 Å². The molecule has 2 atom stereocenters. The lowest BCUT2D eigenvalue weighted by Crippen LogP contribution is -2.00. The molecular formula is C48H32. The van der Waals surface area contributed by atoms with Gasteiger partial charge >= 0.3 is 0 Å². The van der Waals surface area contributed by atoms with E-state index in [1.54, 1.807) is 0 Å². The van der Waals surface area contributed by atoms with Crippen LogP contribution in [-0.2, 0) is 0 Å². The second-order valence-electron chi connectivity index (χ2n) is 13.2. The van der Waals surface area contributed by atoms with E-state index < -0.39 is 0 Å². The zero-order valence-electron chi connectivity index (χ0n) is 26.5. The van der Waals surface area contributed by atoms with E-state index in [4.69, 9.17) is 0 Å². The number of hydrogen-bond acceptors (Lipinski definition) is 0. The van der Waals surface area contributed by atoms with E-state index in [9.17, 15) is 0 Å². The van der Waals surface area contributed by atoms with E-state index in [0.29, 0.717) is 0 Å². The quantitative estimate of drug-likeness (QED) is 0.186. The molecule has 0 aromatic heterocycles. The van der Waals surface area contributed by atoms with Crippen LogP contribution >= 0.6 is 0 Å². The lowest BCUT2D eigenvalue weighted by molar-refractivity contribution is 1.01. The Balaban J connectivity index is 1.11. The van der Waals surface area contributed by atoms with Crippen molar-refractivity contribution in [3.8, 4) is 44.5 Å². The second-order valence-corrected chi connectivity index (χ2v) is 13.2. The standard InChI is InChI=1S/C48H32/c1-3-13-31(14-4-1)44-30-36(27-35-17-7-8-18-37(35)44)48-41-22-12-10-20-39(41)46-29-34(24-26-43(46)48)33-23-25-42-45(28-33)38-19-9-11-21-40(38)47(42)32-15-5-2-6-16-32/h1-30,47-48H. The van der Waals surface area contributed by atoms with Crippen molar-refractivity contribution in [3.63, 3.8) is 0 Å². The highest BCUT2D eigenvalue weighted by Crippen LogP contribution is 2.52. The Bertz CT molecular complexity index is 2500. The summed E-state index contributed by atoms with van der Waals surface area (Å²) in [5.41, 5.74) is 18.7. The van der Waals surface area contributed by atoms with Crippen molar-refractivity contribution in [3.05, 3.63) is 215 Å². The smallest absolute Gasteiger partial charge is 0.0352 e. The van der Waals surface area contributed by atoms with Crippen LogP contribution in [0, 0.1) is 0 Å². The van der Waals surface area contributed by atoms with Gasteiger partial charge in [-0.2, -0.15) is 0 Å². The fraction of sp³-hybridized carbons (Fsp3) is 0.0417. The van der Waals surface area contributed by atoms with Gasteiger partial charge in [0.1, 0.15) is 0 Å². The number of benzene rings is 8. The maximum atomic E-state index is 2.44. The predicted octanol–water partition coefficient (Wildman–Crippen LogP) is 12.5. The lowest BCUT2D eigenvalue weighted by Gasteiger charge is -2.18. The van der Waals surface area contributed by atoms with Gasteiger partial charge in [0.15, 0.2) is 0 Å². The van der Waals surface area contributed by atoms with Gasteiger partial charge in [-0.05, 0) is 107 Å². The number of hydrogen-bond donors (Lipinski definition) is 0. The molecule has 0 nitrogen and oxygen atoms in total. The van der Waals surface area contributed by atoms with Crippen LogP contribution in [0.2, 0.25) is 0 Å². The Morgan fingerprint density at radius 1 is 0.271 bits per heavy atom. The van der Waals surface area contributed by atoms with E-state index in [1.807, 2.05) is 0 Å². The highest BCUT2D eigenvalue weighted by atomic mass is 14.3. The van der Waals surface area contributed by atoms with E-state index in [-0.39, 0.29) is 11.8 Å². The average Bonchev–Trinajstić information content (AvgIpc) is 3.67. The van der Waals surface area contributed by atoms with Crippen molar-refractivity contribution in [1.29, 1.82) is 0 Å². The second kappa shape index (κ2) is 10.8. The molecule has 2 aliphatic carbocycles. The van der Waals surface area contributed by atoms with Crippen LogP contribution in [0.5, 0.6) is 0 Å². The molecule has 224 valence electrons. The molecule has 0 fully saturated rings. The summed E-state index contributed by atoms with van der Waals surface area (Å²) in [5, 5.41) is 2.57. The first kappa shape index (κ1) is 27.2. The van der Waals surface area contributed by atoms with Gasteiger partial charge in [-0.25, -0.2) is 0 Å². The van der Waals surface area contributed by atoms with Gasteiger partial charge in [0.2, 0.25) is 0 Å². The summed E-state index contributed by atoms with van der Waals surface area (Å²) < 4.78 is 0. The zero-order chi connectivity index (χ0) is 31.6. The Morgan fingerprint density at radius 2 is 0.771 bits per heavy atom. The van der Waals surface area contributed by atoms with Crippen LogP contribution < -0.4 is 0 Å². The normalized spacial score (nSPS) is 15.5. The van der Waals surface area contributed by atoms with Crippen LogP contribution in [0.1, 0.15) is 45.2 Å². The van der Waals surface area contributed by atoms with Gasteiger partial charge in [0.25, 0.3) is 0 Å². The number of rotatable bonds is 4. The third kappa shape index (κ3) is 4.16. The summed E-state index contributed by atoms with van der Waals surface area (Å²) >= 11 is 0. The van der Waals surface area contributed by atoms with Crippen molar-refractivity contribution in [2.24, 2.45) is 0 Å². The van der Waals surface area contributed by atoms with Crippen molar-refractivity contribution < 1.29 is 0 Å². The Labute approximate surface area is 281 Å². The highest BCUT2D eigenvalue weighted by Gasteiger charge is 2.32. The minimum Gasteiger partial charge on any atom is -0.0622 e. The molecule has 0 saturated heterocycles. The fourth-order valence-electron chi connectivity index (χ4n) is 8.49. The minimum absolute atomic E-state index is 0.177. The first-order chi connectivity index (χ1) is 23.8. The summed E-state index contributed by atoms with van der Waals surface area (Å²) in [7, 11) is 0. The topological polar surface area (TPSA) is 0 Å². The van der Waals surface area contributed by atoms with E-state index >= 15 is 0 Å². The number of fused-ring (bicyclic) bond motifs is 7. The van der Waals surface area contributed by atoms with Crippen LogP contribution in [0.3, 0.4) is 0 Å². The van der Waals surface area contributed by atoms with Gasteiger partial charge < -0.3 is 0 Å². The zero-order valence-corrected chi connectivity index (χ0v) is 26.5. The predicted molar refractivity (Wildman–Crippen MR) is 200 cm³/mol. The molecule has 8 aromatic rings. The Morgan fingerprint density at radius 3 is 1.42 bits per heavy atom. The highest BCUT2D eigenvalue weighted by molar-refractivity contribution is 5.98. The minimum atomic E-state index is 0.177. The monoisotopic (exact) mass is 608 g/mol. The molecule has 0 saturated carbocycles. The van der Waals surface area contributed by atoms with Gasteiger partial charge in [-0.3, -0.25) is 0 Å². The summed E-state index contributed by atoms with van der Waals surface area (Å²) in [6, 6.07) is 67.6. The summed E-state index contributed by atoms with van der Waals surface area (Å²) in [4.78, 5) is 0. The first-order valence-electron chi connectivity index (χ1n) is 16.9. The van der Waals surface area contributed by atoms with Crippen LogP contribution in [0.4, 0.5) is 0 Å². The van der Waals surface area contributed by atoms with E-state index in [1.165, 1.54) is 88.7 Å². The molecule has 0 amide bonds. The largest absolute Gasteiger partial charge is 0.0622 e. The third-order valence-corrected chi connectivity index (χ3v) is 10.6. The molecular weight excluding hydrogens is 577 g/mol. The molecule has 48 heavy (non-hydrogen) atoms. The van der Waals surface area contributed by atoms with Crippen LogP contribution in [0.25, 0.3) is 55.3 Å². The maximum Gasteiger partial charge on any atom is 0.0352 e. The van der Waals surface area contributed by atoms with Crippen molar-refractivity contribution in [1.82, 2.24) is 0 Å². The van der Waals surface area contributed by atoms with Gasteiger partial charge in [-0.15, -0.1) is 0 Å². The van der Waals surface area contributed by atoms with Crippen molar-refractivity contribution in [2.75, 3.05) is 0 Å². The molecule has 0 N–H and O–H groups in total. The molecule has 0 aliphatic heterocycles. The summed E-state index contributed by atoms with van der Waals surface area (Å²) in [6.07, 6.45) is 0. The average molecular weight is 609 g/mol. The molecule has 0 heterocycles. The fourth-order valence-corrected chi connectivity index (χ4v) is 8.49. The molecule has 0 heteroatoms. The Kier molecular flexibility index (Phi) is 6.11. The maximum absolute atomic E-state index is 2.44. The molecule has 8 aromatic carbocycles. The van der Waals surface area contributed by atoms with Gasteiger partial charge in [-0.1, -0.05) is 164 Å². The molecule has 2 aliphatic rings. The molecule has 0 spiro atoms. The SMILES string of the molecule is c1ccc(-c2cc(C3c4ccccc4-c4cc(-c5ccc6c(c5)-c5ccccc5C6c5ccccc5)ccc43)cc3ccccc23)cc1. The van der Waals surface area contributed by atoms with Crippen LogP contribution in [-0.4, -0.2) is 0 Å². The molecule has 10 rings (SSSR count). The molecule has 2 unspecified atom stereocenters. The van der Waals surface area contributed by atoms with E-state index in [0.717, 1.165) is 0 Å². The van der Waals surface area contributed by atoms with Crippen LogP contribution in [0.15, 0.2) is 182 Å². The van der Waals surface area contributed by atoms with Crippen molar-refractivity contribution >= 4 is 10.8 Å². The first-order valence-corrected chi connectivity index (χ1v) is 16.9. The molecule has 0 bridgehead atoms. The van der Waals surface area contributed by atoms with Gasteiger partial charge in [0.05, 0.1) is 0 Å². The summed E-state index contributed by atoms with van der Waals surface area (Å²) in [5.74, 6) is 0.442. The van der Waals surface area contributed by atoms with E-state index in [2.05, 4.69) is 182 Å². The molecule has 0 radical (unpaired) electrons. The summed E-state index contributed by atoms with van der Waals surface area (Å²) in [6.45, 7) is 0.